The molecule has 0 fully saturated rings. The molecule has 0 radical (unpaired) electrons. The van der Waals surface area contributed by atoms with E-state index in [-0.39, 0.29) is 11.9 Å². The van der Waals surface area contributed by atoms with Crippen LogP contribution in [0.2, 0.25) is 0 Å². The first-order valence-electron chi connectivity index (χ1n) is 7.78. The maximum atomic E-state index is 12.2. The molecule has 3 aromatic rings. The largest absolute Gasteiger partial charge is 0.373 e. The lowest BCUT2D eigenvalue weighted by molar-refractivity contribution is -0.121. The molecule has 0 spiro atoms. The van der Waals surface area contributed by atoms with E-state index in [1.807, 2.05) is 37.3 Å². The van der Waals surface area contributed by atoms with E-state index in [1.165, 1.54) is 10.3 Å². The highest BCUT2D eigenvalue weighted by molar-refractivity contribution is 7.09. The molecule has 2 N–H and O–H groups in total. The molecule has 0 aliphatic heterocycles. The van der Waals surface area contributed by atoms with Gasteiger partial charge in [-0.25, -0.2) is 0 Å². The molecule has 0 unspecified atom stereocenters. The van der Waals surface area contributed by atoms with Crippen LogP contribution in [-0.4, -0.2) is 18.5 Å². The Morgan fingerprint density at radius 1 is 1.09 bits per heavy atom. The summed E-state index contributed by atoms with van der Waals surface area (Å²) >= 11 is 1.72. The Kier molecular flexibility index (Phi) is 4.93. The van der Waals surface area contributed by atoms with E-state index in [4.69, 9.17) is 0 Å². The van der Waals surface area contributed by atoms with Crippen molar-refractivity contribution in [2.45, 2.75) is 19.4 Å². The topological polar surface area (TPSA) is 41.1 Å². The van der Waals surface area contributed by atoms with E-state index >= 15 is 0 Å². The Balaban J connectivity index is 1.59. The van der Waals surface area contributed by atoms with Gasteiger partial charge in [-0.3, -0.25) is 4.79 Å². The standard InChI is InChI=1S/C19H20N2OS/c1-14(19(22)20-12-11-16-8-5-13-23-16)21-18-10-4-7-15-6-2-3-9-17(15)18/h2-10,13-14,21H,11-12H2,1H3,(H,20,22)/t14-/m0/s1. The lowest BCUT2D eigenvalue weighted by Crippen LogP contribution is -2.38. The van der Waals surface area contributed by atoms with E-state index in [0.717, 1.165) is 17.5 Å². The SMILES string of the molecule is C[C@H](Nc1cccc2ccccc12)C(=O)NCCc1cccs1. The Morgan fingerprint density at radius 2 is 1.91 bits per heavy atom. The van der Waals surface area contributed by atoms with Crippen molar-refractivity contribution in [3.8, 4) is 0 Å². The zero-order valence-corrected chi connectivity index (χ0v) is 13.9. The number of carbonyl (C=O) groups excluding carboxylic acids is 1. The van der Waals surface area contributed by atoms with Crippen molar-refractivity contribution >= 4 is 33.7 Å². The van der Waals surface area contributed by atoms with Gasteiger partial charge in [-0.15, -0.1) is 11.3 Å². The summed E-state index contributed by atoms with van der Waals surface area (Å²) in [5.41, 5.74) is 0.990. The van der Waals surface area contributed by atoms with Gasteiger partial charge in [0.05, 0.1) is 0 Å². The number of hydrogen-bond acceptors (Lipinski definition) is 3. The van der Waals surface area contributed by atoms with E-state index in [0.29, 0.717) is 6.54 Å². The van der Waals surface area contributed by atoms with Crippen LogP contribution in [0.4, 0.5) is 5.69 Å². The molecular weight excluding hydrogens is 304 g/mol. The van der Waals surface area contributed by atoms with Gasteiger partial charge in [0, 0.05) is 22.5 Å². The fourth-order valence-corrected chi connectivity index (χ4v) is 3.28. The second-order valence-electron chi connectivity index (χ2n) is 5.51. The fourth-order valence-electron chi connectivity index (χ4n) is 2.57. The average Bonchev–Trinajstić information content (AvgIpc) is 3.08. The van der Waals surface area contributed by atoms with Crippen LogP contribution in [0.1, 0.15) is 11.8 Å². The van der Waals surface area contributed by atoms with Gasteiger partial charge in [-0.1, -0.05) is 42.5 Å². The molecule has 1 atom stereocenters. The molecule has 0 saturated heterocycles. The van der Waals surface area contributed by atoms with Crippen molar-refractivity contribution in [3.63, 3.8) is 0 Å². The van der Waals surface area contributed by atoms with Gasteiger partial charge >= 0.3 is 0 Å². The minimum Gasteiger partial charge on any atom is -0.373 e. The van der Waals surface area contributed by atoms with Crippen LogP contribution < -0.4 is 10.6 Å². The summed E-state index contributed by atoms with van der Waals surface area (Å²) in [7, 11) is 0. The number of nitrogens with one attached hydrogen (secondary N) is 2. The lowest BCUT2D eigenvalue weighted by Gasteiger charge is -2.16. The van der Waals surface area contributed by atoms with Crippen molar-refractivity contribution < 1.29 is 4.79 Å². The second kappa shape index (κ2) is 7.29. The predicted molar refractivity (Wildman–Crippen MR) is 98.1 cm³/mol. The fraction of sp³-hybridized carbons (Fsp3) is 0.211. The van der Waals surface area contributed by atoms with Gasteiger partial charge < -0.3 is 10.6 Å². The monoisotopic (exact) mass is 324 g/mol. The van der Waals surface area contributed by atoms with Crippen LogP contribution >= 0.6 is 11.3 Å². The normalized spacial score (nSPS) is 12.0. The first kappa shape index (κ1) is 15.6. The van der Waals surface area contributed by atoms with Crippen LogP contribution in [0.15, 0.2) is 60.0 Å². The Bertz CT molecular complexity index is 778. The third kappa shape index (κ3) is 3.90. The second-order valence-corrected chi connectivity index (χ2v) is 6.55. The molecule has 118 valence electrons. The average molecular weight is 324 g/mol. The number of amides is 1. The van der Waals surface area contributed by atoms with E-state index in [9.17, 15) is 4.79 Å². The molecule has 0 aliphatic carbocycles. The molecule has 2 aromatic carbocycles. The first-order chi connectivity index (χ1) is 11.2. The number of hydrogen-bond donors (Lipinski definition) is 2. The molecule has 3 rings (SSSR count). The van der Waals surface area contributed by atoms with Gasteiger partial charge in [0.2, 0.25) is 5.91 Å². The smallest absolute Gasteiger partial charge is 0.242 e. The molecule has 4 heteroatoms. The Hall–Kier alpha value is -2.33. The Labute approximate surface area is 140 Å². The van der Waals surface area contributed by atoms with Gasteiger partial charge in [-0.05, 0) is 36.2 Å². The summed E-state index contributed by atoms with van der Waals surface area (Å²) < 4.78 is 0. The van der Waals surface area contributed by atoms with E-state index in [1.54, 1.807) is 11.3 Å². The van der Waals surface area contributed by atoms with Gasteiger partial charge in [-0.2, -0.15) is 0 Å². The highest BCUT2D eigenvalue weighted by Gasteiger charge is 2.13. The van der Waals surface area contributed by atoms with Crippen LogP contribution in [0.25, 0.3) is 10.8 Å². The first-order valence-corrected chi connectivity index (χ1v) is 8.66. The minimum atomic E-state index is -0.274. The summed E-state index contributed by atoms with van der Waals surface area (Å²) in [5.74, 6) is 0.0227. The number of benzene rings is 2. The molecule has 1 aromatic heterocycles. The number of thiophene rings is 1. The highest BCUT2D eigenvalue weighted by atomic mass is 32.1. The number of fused-ring (bicyclic) bond motifs is 1. The van der Waals surface area contributed by atoms with Gasteiger partial charge in [0.15, 0.2) is 0 Å². The summed E-state index contributed by atoms with van der Waals surface area (Å²) in [6.45, 7) is 2.56. The van der Waals surface area contributed by atoms with Crippen molar-refractivity contribution in [2.75, 3.05) is 11.9 Å². The predicted octanol–water partition coefficient (Wildman–Crippen LogP) is 4.06. The molecule has 3 nitrogen and oxygen atoms in total. The molecule has 0 saturated carbocycles. The van der Waals surface area contributed by atoms with Gasteiger partial charge in [0.25, 0.3) is 0 Å². The zero-order chi connectivity index (χ0) is 16.1. The Morgan fingerprint density at radius 3 is 2.74 bits per heavy atom. The third-order valence-corrected chi connectivity index (χ3v) is 4.74. The molecule has 1 heterocycles. The van der Waals surface area contributed by atoms with Crippen molar-refractivity contribution in [1.82, 2.24) is 5.32 Å². The number of anilines is 1. The van der Waals surface area contributed by atoms with E-state index < -0.39 is 0 Å². The van der Waals surface area contributed by atoms with Crippen LogP contribution in [-0.2, 0) is 11.2 Å². The minimum absolute atomic E-state index is 0.0227. The van der Waals surface area contributed by atoms with Crippen molar-refractivity contribution in [3.05, 3.63) is 64.9 Å². The maximum absolute atomic E-state index is 12.2. The van der Waals surface area contributed by atoms with Gasteiger partial charge in [0.1, 0.15) is 6.04 Å². The zero-order valence-electron chi connectivity index (χ0n) is 13.1. The quantitative estimate of drug-likeness (QED) is 0.718. The van der Waals surface area contributed by atoms with Crippen LogP contribution in [0.5, 0.6) is 0 Å². The molecule has 0 aliphatic rings. The molecule has 0 bridgehead atoms. The summed E-state index contributed by atoms with van der Waals surface area (Å²) in [6, 6.07) is 18.1. The summed E-state index contributed by atoms with van der Waals surface area (Å²) in [5, 5.41) is 10.7. The summed E-state index contributed by atoms with van der Waals surface area (Å²) in [6.07, 6.45) is 0.879. The third-order valence-electron chi connectivity index (χ3n) is 3.81. The van der Waals surface area contributed by atoms with Crippen LogP contribution in [0, 0.1) is 0 Å². The molecule has 1 amide bonds. The number of rotatable bonds is 6. The lowest BCUT2D eigenvalue weighted by atomic mass is 10.1. The van der Waals surface area contributed by atoms with Crippen molar-refractivity contribution in [1.29, 1.82) is 0 Å². The number of carbonyl (C=O) groups is 1. The van der Waals surface area contributed by atoms with Crippen LogP contribution in [0.3, 0.4) is 0 Å². The van der Waals surface area contributed by atoms with E-state index in [2.05, 4.69) is 40.3 Å². The highest BCUT2D eigenvalue weighted by Crippen LogP contribution is 2.23. The maximum Gasteiger partial charge on any atom is 0.242 e. The van der Waals surface area contributed by atoms with Crippen molar-refractivity contribution in [2.24, 2.45) is 0 Å². The summed E-state index contributed by atoms with van der Waals surface area (Å²) in [4.78, 5) is 13.5. The molecular formula is C19H20N2OS. The molecule has 23 heavy (non-hydrogen) atoms.